The van der Waals surface area contributed by atoms with Crippen LogP contribution in [0.4, 0.5) is 0 Å². The Bertz CT molecular complexity index is 770. The molecule has 7 heteroatoms. The summed E-state index contributed by atoms with van der Waals surface area (Å²) in [5.41, 5.74) is -1.26. The molecule has 0 radical (unpaired) electrons. The molecule has 2 fully saturated rings. The second-order valence-corrected chi connectivity index (χ2v) is 7.03. The number of ether oxygens (including phenoxy) is 4. The van der Waals surface area contributed by atoms with Crippen molar-refractivity contribution < 1.29 is 33.3 Å². The van der Waals surface area contributed by atoms with Crippen LogP contribution in [0.15, 0.2) is 43.0 Å². The van der Waals surface area contributed by atoms with Crippen LogP contribution < -0.4 is 0 Å². The Morgan fingerprint density at radius 3 is 2.48 bits per heavy atom. The van der Waals surface area contributed by atoms with Crippen molar-refractivity contribution >= 4 is 17.7 Å². The SMILES string of the molecule is C=CC(c1ccccc1)[C@@]1(OC(C)=O)C(=O)C(=O)OC1C1COC(C)(C)O1. The maximum absolute atomic E-state index is 13.0. The van der Waals surface area contributed by atoms with Gasteiger partial charge in [0.15, 0.2) is 11.9 Å². The van der Waals surface area contributed by atoms with E-state index in [0.717, 1.165) is 0 Å². The number of cyclic esters (lactones) is 1. The zero-order chi connectivity index (χ0) is 19.8. The summed E-state index contributed by atoms with van der Waals surface area (Å²) in [4.78, 5) is 37.2. The van der Waals surface area contributed by atoms with Gasteiger partial charge in [-0.05, 0) is 19.4 Å². The van der Waals surface area contributed by atoms with Crippen molar-refractivity contribution in [3.8, 4) is 0 Å². The molecule has 3 unspecified atom stereocenters. The lowest BCUT2D eigenvalue weighted by Crippen LogP contribution is -2.57. The third kappa shape index (κ3) is 3.28. The molecule has 0 N–H and O–H groups in total. The molecule has 3 rings (SSSR count). The summed E-state index contributed by atoms with van der Waals surface area (Å²) in [6.45, 7) is 8.48. The van der Waals surface area contributed by atoms with Gasteiger partial charge in [0.05, 0.1) is 12.5 Å². The number of ketones is 1. The highest BCUT2D eigenvalue weighted by Crippen LogP contribution is 2.45. The number of esters is 2. The summed E-state index contributed by atoms with van der Waals surface area (Å²) in [7, 11) is 0. The number of carbonyl (C=O) groups is 3. The molecule has 2 aliphatic heterocycles. The largest absolute Gasteiger partial charge is 0.449 e. The van der Waals surface area contributed by atoms with Gasteiger partial charge >= 0.3 is 11.9 Å². The molecule has 2 aliphatic rings. The third-order valence-corrected chi connectivity index (χ3v) is 4.73. The fourth-order valence-corrected chi connectivity index (χ4v) is 3.70. The van der Waals surface area contributed by atoms with Crippen molar-refractivity contribution in [2.45, 2.75) is 50.3 Å². The van der Waals surface area contributed by atoms with Crippen LogP contribution in [-0.2, 0) is 33.3 Å². The van der Waals surface area contributed by atoms with Gasteiger partial charge in [-0.3, -0.25) is 9.59 Å². The topological polar surface area (TPSA) is 88.1 Å². The third-order valence-electron chi connectivity index (χ3n) is 4.73. The summed E-state index contributed by atoms with van der Waals surface area (Å²) in [6.07, 6.45) is -0.459. The molecule has 0 spiro atoms. The second kappa shape index (κ2) is 6.90. The van der Waals surface area contributed by atoms with Gasteiger partial charge in [-0.15, -0.1) is 6.58 Å². The number of benzene rings is 1. The molecule has 2 heterocycles. The number of rotatable bonds is 5. The van der Waals surface area contributed by atoms with Crippen LogP contribution in [0.2, 0.25) is 0 Å². The number of hydrogen-bond donors (Lipinski definition) is 0. The van der Waals surface area contributed by atoms with Gasteiger partial charge in [-0.2, -0.15) is 0 Å². The molecule has 27 heavy (non-hydrogen) atoms. The maximum Gasteiger partial charge on any atom is 0.379 e. The molecule has 1 aromatic carbocycles. The average molecular weight is 374 g/mol. The fraction of sp³-hybridized carbons (Fsp3) is 0.450. The Hall–Kier alpha value is -2.51. The molecule has 1 aromatic rings. The van der Waals surface area contributed by atoms with E-state index in [4.69, 9.17) is 18.9 Å². The molecule has 0 saturated carbocycles. The molecular formula is C20H22O7. The minimum absolute atomic E-state index is 0.0832. The van der Waals surface area contributed by atoms with E-state index in [1.54, 1.807) is 38.1 Å². The first-order valence-corrected chi connectivity index (χ1v) is 8.65. The van der Waals surface area contributed by atoms with Crippen LogP contribution in [0.1, 0.15) is 32.3 Å². The van der Waals surface area contributed by atoms with Crippen LogP contribution >= 0.6 is 0 Å². The molecule has 0 bridgehead atoms. The van der Waals surface area contributed by atoms with Crippen molar-refractivity contribution in [1.82, 2.24) is 0 Å². The summed E-state index contributed by atoms with van der Waals surface area (Å²) in [6, 6.07) is 8.90. The Labute approximate surface area is 157 Å². The van der Waals surface area contributed by atoms with Crippen LogP contribution in [-0.4, -0.2) is 47.9 Å². The Kier molecular flexibility index (Phi) is 4.92. The highest BCUT2D eigenvalue weighted by molar-refractivity contribution is 6.39. The molecule has 0 aromatic heterocycles. The van der Waals surface area contributed by atoms with Gasteiger partial charge in [0.1, 0.15) is 6.10 Å². The van der Waals surface area contributed by atoms with E-state index in [-0.39, 0.29) is 6.61 Å². The Morgan fingerprint density at radius 1 is 1.30 bits per heavy atom. The van der Waals surface area contributed by atoms with E-state index >= 15 is 0 Å². The van der Waals surface area contributed by atoms with E-state index in [1.807, 2.05) is 6.07 Å². The average Bonchev–Trinajstić information content (AvgIpc) is 3.08. The molecule has 2 saturated heterocycles. The quantitative estimate of drug-likeness (QED) is 0.442. The number of Topliss-reactive ketones (excluding diaryl/α,β-unsaturated/α-hetero) is 1. The Balaban J connectivity index is 2.13. The second-order valence-electron chi connectivity index (χ2n) is 7.03. The first kappa shape index (κ1) is 19.3. The maximum atomic E-state index is 13.0. The van der Waals surface area contributed by atoms with E-state index in [0.29, 0.717) is 5.56 Å². The van der Waals surface area contributed by atoms with Crippen molar-refractivity contribution in [1.29, 1.82) is 0 Å². The highest BCUT2D eigenvalue weighted by Gasteiger charge is 2.67. The Morgan fingerprint density at radius 2 is 1.96 bits per heavy atom. The predicted octanol–water partition coefficient (Wildman–Crippen LogP) is 1.90. The van der Waals surface area contributed by atoms with Crippen LogP contribution in [0.5, 0.6) is 0 Å². The zero-order valence-electron chi connectivity index (χ0n) is 15.5. The minimum atomic E-state index is -1.92. The lowest BCUT2D eigenvalue weighted by Gasteiger charge is -2.38. The van der Waals surface area contributed by atoms with Gasteiger partial charge in [-0.1, -0.05) is 36.4 Å². The van der Waals surface area contributed by atoms with Gasteiger partial charge in [0.2, 0.25) is 5.60 Å². The monoisotopic (exact) mass is 374 g/mol. The highest BCUT2D eigenvalue weighted by atomic mass is 16.8. The van der Waals surface area contributed by atoms with E-state index in [2.05, 4.69) is 6.58 Å². The van der Waals surface area contributed by atoms with Gasteiger partial charge in [0, 0.05) is 6.92 Å². The minimum Gasteiger partial charge on any atom is -0.449 e. The van der Waals surface area contributed by atoms with E-state index in [1.165, 1.54) is 13.0 Å². The lowest BCUT2D eigenvalue weighted by atomic mass is 9.75. The molecule has 4 atom stereocenters. The van der Waals surface area contributed by atoms with Gasteiger partial charge in [-0.25, -0.2) is 4.79 Å². The molecule has 144 valence electrons. The molecule has 7 nitrogen and oxygen atoms in total. The summed E-state index contributed by atoms with van der Waals surface area (Å²) < 4.78 is 22.3. The summed E-state index contributed by atoms with van der Waals surface area (Å²) in [5, 5.41) is 0. The molecular weight excluding hydrogens is 352 g/mol. The van der Waals surface area contributed by atoms with Crippen molar-refractivity contribution in [3.63, 3.8) is 0 Å². The van der Waals surface area contributed by atoms with Crippen LogP contribution in [0.25, 0.3) is 0 Å². The van der Waals surface area contributed by atoms with Crippen molar-refractivity contribution in [2.75, 3.05) is 6.61 Å². The first-order valence-electron chi connectivity index (χ1n) is 8.65. The van der Waals surface area contributed by atoms with Gasteiger partial charge in [0.25, 0.3) is 5.78 Å². The standard InChI is InChI=1S/C20H22O7/c1-5-14(13-9-7-6-8-10-13)20(26-12(2)21)16(22)18(23)25-17(20)15-11-24-19(3,4)27-15/h5-10,14-15,17H,1,11H2,2-4H3/t14?,15?,17?,20-/m1/s1. The van der Waals surface area contributed by atoms with Crippen LogP contribution in [0.3, 0.4) is 0 Å². The summed E-state index contributed by atoms with van der Waals surface area (Å²) in [5.74, 6) is -4.45. The van der Waals surface area contributed by atoms with Crippen LogP contribution in [0, 0.1) is 0 Å². The normalized spacial score (nSPS) is 30.6. The number of carbonyl (C=O) groups excluding carboxylic acids is 3. The smallest absolute Gasteiger partial charge is 0.379 e. The van der Waals surface area contributed by atoms with Gasteiger partial charge < -0.3 is 18.9 Å². The van der Waals surface area contributed by atoms with E-state index in [9.17, 15) is 14.4 Å². The first-order chi connectivity index (χ1) is 12.7. The predicted molar refractivity (Wildman–Crippen MR) is 93.7 cm³/mol. The van der Waals surface area contributed by atoms with Crippen molar-refractivity contribution in [2.24, 2.45) is 0 Å². The lowest BCUT2D eigenvalue weighted by molar-refractivity contribution is -0.190. The van der Waals surface area contributed by atoms with Crippen molar-refractivity contribution in [3.05, 3.63) is 48.6 Å². The zero-order valence-corrected chi connectivity index (χ0v) is 15.5. The molecule has 0 amide bonds. The molecule has 0 aliphatic carbocycles. The fourth-order valence-electron chi connectivity index (χ4n) is 3.70. The van der Waals surface area contributed by atoms with E-state index < -0.39 is 47.2 Å². The summed E-state index contributed by atoms with van der Waals surface area (Å²) >= 11 is 0. The number of hydrogen-bond acceptors (Lipinski definition) is 7.